The fourth-order valence-corrected chi connectivity index (χ4v) is 5.04. The number of aryl methyl sites for hydroxylation is 2. The van der Waals surface area contributed by atoms with E-state index in [2.05, 4.69) is 10.5 Å². The third kappa shape index (κ3) is 4.22. The summed E-state index contributed by atoms with van der Waals surface area (Å²) in [6.45, 7) is 7.57. The van der Waals surface area contributed by atoms with Crippen LogP contribution in [0.15, 0.2) is 24.3 Å². The van der Waals surface area contributed by atoms with Crippen molar-refractivity contribution in [3.05, 3.63) is 62.0 Å². The van der Waals surface area contributed by atoms with Crippen LogP contribution < -0.4 is 5.43 Å². The van der Waals surface area contributed by atoms with E-state index in [9.17, 15) is 4.79 Å². The van der Waals surface area contributed by atoms with Gasteiger partial charge in [-0.2, -0.15) is 5.10 Å². The van der Waals surface area contributed by atoms with Gasteiger partial charge in [-0.05, 0) is 57.9 Å². The lowest BCUT2D eigenvalue weighted by Gasteiger charge is -2.26. The summed E-state index contributed by atoms with van der Waals surface area (Å²) in [4.78, 5) is 13.2. The van der Waals surface area contributed by atoms with Crippen molar-refractivity contribution in [1.82, 2.24) is 24.8 Å². The highest BCUT2D eigenvalue weighted by atomic mass is 35.5. The predicted octanol–water partition coefficient (Wildman–Crippen LogP) is 5.68. The Labute approximate surface area is 196 Å². The van der Waals surface area contributed by atoms with Gasteiger partial charge in [-0.3, -0.25) is 10.2 Å². The first kappa shape index (κ1) is 22.2. The first-order valence-electron chi connectivity index (χ1n) is 10.2. The van der Waals surface area contributed by atoms with Gasteiger partial charge in [-0.1, -0.05) is 41.2 Å². The quantitative estimate of drug-likeness (QED) is 0.523. The van der Waals surface area contributed by atoms with Gasteiger partial charge in [0.2, 0.25) is 0 Å². The van der Waals surface area contributed by atoms with Gasteiger partial charge in [0.15, 0.2) is 5.69 Å². The first-order valence-corrected chi connectivity index (χ1v) is 11.4. The first-order chi connectivity index (χ1) is 14.8. The summed E-state index contributed by atoms with van der Waals surface area (Å²) in [7, 11) is 0. The molecule has 4 rings (SSSR count). The molecule has 1 aliphatic heterocycles. The molecular weight excluding hydrogens is 457 g/mol. The van der Waals surface area contributed by atoms with E-state index in [-0.39, 0.29) is 5.91 Å². The average Bonchev–Trinajstić information content (AvgIpc) is 3.20. The molecule has 1 aromatic carbocycles. The molecule has 0 atom stereocenters. The Bertz CT molecular complexity index is 1100. The normalized spacial score (nSPS) is 14.8. The maximum atomic E-state index is 13.2. The van der Waals surface area contributed by atoms with E-state index >= 15 is 0 Å². The molecule has 0 unspecified atom stereocenters. The number of hydrogen-bond donors (Lipinski definition) is 1. The van der Waals surface area contributed by atoms with Crippen LogP contribution in [0.1, 0.15) is 46.7 Å². The summed E-state index contributed by atoms with van der Waals surface area (Å²) >= 11 is 19.2. The minimum Gasteiger partial charge on any atom is -0.303 e. The van der Waals surface area contributed by atoms with Gasteiger partial charge in [0.25, 0.3) is 5.91 Å². The highest BCUT2D eigenvalue weighted by Crippen LogP contribution is 2.35. The molecule has 0 radical (unpaired) electrons. The molecule has 6 nitrogen and oxygen atoms in total. The van der Waals surface area contributed by atoms with Gasteiger partial charge in [-0.25, -0.2) is 9.69 Å². The largest absolute Gasteiger partial charge is 0.303 e. The number of hydrazine groups is 1. The van der Waals surface area contributed by atoms with Crippen molar-refractivity contribution in [2.75, 3.05) is 13.1 Å². The van der Waals surface area contributed by atoms with Crippen LogP contribution in [0.25, 0.3) is 11.5 Å². The summed E-state index contributed by atoms with van der Waals surface area (Å²) in [6.07, 6.45) is 3.32. The third-order valence-electron chi connectivity index (χ3n) is 5.60. The number of nitrogens with one attached hydrogen (secondary N) is 1. The van der Waals surface area contributed by atoms with Gasteiger partial charge in [-0.15, -0.1) is 0 Å². The fourth-order valence-electron chi connectivity index (χ4n) is 4.06. The molecule has 0 spiro atoms. The fraction of sp³-hybridized carbons (Fsp3) is 0.364. The molecule has 31 heavy (non-hydrogen) atoms. The Morgan fingerprint density at radius 1 is 0.968 bits per heavy atom. The van der Waals surface area contributed by atoms with Crippen molar-refractivity contribution < 1.29 is 4.79 Å². The van der Waals surface area contributed by atoms with Crippen LogP contribution in [-0.4, -0.2) is 38.4 Å². The molecule has 1 fully saturated rings. The zero-order valence-corrected chi connectivity index (χ0v) is 19.9. The van der Waals surface area contributed by atoms with Crippen LogP contribution >= 0.6 is 34.8 Å². The van der Waals surface area contributed by atoms with E-state index in [4.69, 9.17) is 34.8 Å². The Morgan fingerprint density at radius 2 is 1.55 bits per heavy atom. The minimum absolute atomic E-state index is 0.247. The summed E-state index contributed by atoms with van der Waals surface area (Å²) in [5.41, 5.74) is 6.56. The van der Waals surface area contributed by atoms with Crippen molar-refractivity contribution >= 4 is 40.7 Å². The number of rotatable bonds is 4. The van der Waals surface area contributed by atoms with Crippen molar-refractivity contribution in [1.29, 1.82) is 0 Å². The van der Waals surface area contributed by atoms with Crippen LogP contribution in [-0.2, 0) is 0 Å². The number of amides is 1. The Kier molecular flexibility index (Phi) is 6.35. The summed E-state index contributed by atoms with van der Waals surface area (Å²) < 4.78 is 3.68. The van der Waals surface area contributed by atoms with Crippen LogP contribution in [0.2, 0.25) is 15.1 Å². The average molecular weight is 481 g/mol. The Balaban J connectivity index is 1.88. The number of nitrogens with zero attached hydrogens (tertiary/aromatic N) is 4. The van der Waals surface area contributed by atoms with Crippen LogP contribution in [0.5, 0.6) is 0 Å². The lowest BCUT2D eigenvalue weighted by atomic mass is 10.2. The van der Waals surface area contributed by atoms with Crippen molar-refractivity contribution in [3.63, 3.8) is 0 Å². The molecule has 164 valence electrons. The van der Waals surface area contributed by atoms with E-state index in [0.717, 1.165) is 48.7 Å². The van der Waals surface area contributed by atoms with Crippen molar-refractivity contribution in [2.45, 2.75) is 40.0 Å². The topological polar surface area (TPSA) is 55.1 Å². The molecule has 9 heteroatoms. The van der Waals surface area contributed by atoms with Crippen LogP contribution in [0, 0.1) is 20.8 Å². The maximum Gasteiger partial charge on any atom is 0.286 e. The van der Waals surface area contributed by atoms with E-state index in [1.807, 2.05) is 42.5 Å². The van der Waals surface area contributed by atoms with Crippen LogP contribution in [0.3, 0.4) is 0 Å². The molecule has 1 saturated heterocycles. The van der Waals surface area contributed by atoms with Gasteiger partial charge < -0.3 is 4.57 Å². The lowest BCUT2D eigenvalue weighted by molar-refractivity contribution is 0.0743. The monoisotopic (exact) mass is 479 g/mol. The van der Waals surface area contributed by atoms with E-state index < -0.39 is 0 Å². The SMILES string of the molecule is Cc1c(C(=O)NN2CCCCC2)nn(-c2c(Cl)cc(Cl)cc2Cl)c1-n1c(C)ccc1C. The second-order valence-electron chi connectivity index (χ2n) is 7.87. The number of carbonyl (C=O) groups excluding carboxylic acids is 1. The minimum atomic E-state index is -0.247. The van der Waals surface area contributed by atoms with Gasteiger partial charge >= 0.3 is 0 Å². The zero-order chi connectivity index (χ0) is 22.3. The molecule has 1 aliphatic rings. The lowest BCUT2D eigenvalue weighted by Crippen LogP contribution is -2.45. The molecule has 3 heterocycles. The Hall–Kier alpha value is -1.99. The zero-order valence-electron chi connectivity index (χ0n) is 17.7. The van der Waals surface area contributed by atoms with Crippen molar-refractivity contribution in [3.8, 4) is 11.5 Å². The highest BCUT2D eigenvalue weighted by molar-refractivity contribution is 6.40. The standard InChI is InChI=1S/C22H24Cl3N5O/c1-13-7-8-14(2)29(13)22-15(3)19(21(31)27-28-9-5-4-6-10-28)26-30(22)20-17(24)11-16(23)12-18(20)25/h7-8,11-12H,4-6,9-10H2,1-3H3,(H,27,31). The summed E-state index contributed by atoms with van der Waals surface area (Å²) in [6, 6.07) is 7.28. The van der Waals surface area contributed by atoms with E-state index in [1.54, 1.807) is 16.8 Å². The Morgan fingerprint density at radius 3 is 2.13 bits per heavy atom. The highest BCUT2D eigenvalue weighted by Gasteiger charge is 2.27. The number of aromatic nitrogens is 3. The number of benzene rings is 1. The molecule has 1 amide bonds. The van der Waals surface area contributed by atoms with E-state index in [0.29, 0.717) is 26.4 Å². The van der Waals surface area contributed by atoms with Crippen molar-refractivity contribution in [2.24, 2.45) is 0 Å². The smallest absolute Gasteiger partial charge is 0.286 e. The van der Waals surface area contributed by atoms with Gasteiger partial charge in [0.05, 0.1) is 10.0 Å². The molecule has 0 bridgehead atoms. The van der Waals surface area contributed by atoms with Crippen LogP contribution in [0.4, 0.5) is 0 Å². The second kappa shape index (κ2) is 8.87. The maximum absolute atomic E-state index is 13.2. The van der Waals surface area contributed by atoms with Gasteiger partial charge in [0.1, 0.15) is 11.5 Å². The number of halogens is 3. The van der Waals surface area contributed by atoms with Gasteiger partial charge in [0, 0.05) is 35.1 Å². The summed E-state index contributed by atoms with van der Waals surface area (Å²) in [5.74, 6) is 0.470. The number of piperidine rings is 1. The second-order valence-corrected chi connectivity index (χ2v) is 9.12. The molecular formula is C22H24Cl3N5O. The van der Waals surface area contributed by atoms with E-state index in [1.165, 1.54) is 6.42 Å². The predicted molar refractivity (Wildman–Crippen MR) is 125 cm³/mol. The molecule has 1 N–H and O–H groups in total. The number of hydrogen-bond acceptors (Lipinski definition) is 3. The molecule has 0 saturated carbocycles. The molecule has 2 aromatic heterocycles. The summed E-state index contributed by atoms with van der Waals surface area (Å²) in [5, 5.41) is 7.77. The molecule has 0 aliphatic carbocycles. The molecule has 3 aromatic rings. The number of carbonyl (C=O) groups is 1. The third-order valence-corrected chi connectivity index (χ3v) is 6.39.